The summed E-state index contributed by atoms with van der Waals surface area (Å²) in [6.07, 6.45) is 3.85. The van der Waals surface area contributed by atoms with Gasteiger partial charge in [-0.2, -0.15) is 5.10 Å². The van der Waals surface area contributed by atoms with Gasteiger partial charge in [-0.25, -0.2) is 9.07 Å². The number of carbonyl (C=O) groups excluding carboxylic acids is 1. The van der Waals surface area contributed by atoms with Gasteiger partial charge in [0.05, 0.1) is 12.2 Å². The summed E-state index contributed by atoms with van der Waals surface area (Å²) in [7, 11) is 0. The average Bonchev–Trinajstić information content (AvgIpc) is 3.13. The summed E-state index contributed by atoms with van der Waals surface area (Å²) in [5, 5.41) is 7.21. The van der Waals surface area contributed by atoms with Crippen LogP contribution in [-0.2, 0) is 11.2 Å². The normalized spacial score (nSPS) is 20.7. The lowest BCUT2D eigenvalue weighted by atomic mass is 10.1. The van der Waals surface area contributed by atoms with E-state index in [-0.39, 0.29) is 17.8 Å². The Morgan fingerprint density at radius 2 is 2.26 bits per heavy atom. The Bertz CT molecular complexity index is 754. The van der Waals surface area contributed by atoms with E-state index in [1.165, 1.54) is 25.0 Å². The highest BCUT2D eigenvalue weighted by molar-refractivity contribution is 5.94. The number of nitrogens with zero attached hydrogens (tertiary/aromatic N) is 2. The van der Waals surface area contributed by atoms with Crippen molar-refractivity contribution in [1.82, 2.24) is 9.78 Å². The summed E-state index contributed by atoms with van der Waals surface area (Å²) < 4.78 is 20.7. The Morgan fingerprint density at radius 1 is 1.43 bits per heavy atom. The van der Waals surface area contributed by atoms with Crippen molar-refractivity contribution in [3.8, 4) is 5.75 Å². The molecule has 6 heteroatoms. The van der Waals surface area contributed by atoms with Gasteiger partial charge in [-0.3, -0.25) is 4.79 Å². The number of amides is 1. The van der Waals surface area contributed by atoms with E-state index in [2.05, 4.69) is 17.3 Å². The number of anilines is 1. The van der Waals surface area contributed by atoms with Crippen molar-refractivity contribution in [1.29, 1.82) is 0 Å². The van der Waals surface area contributed by atoms with E-state index in [1.807, 2.05) is 4.68 Å². The van der Waals surface area contributed by atoms with E-state index in [0.717, 1.165) is 5.56 Å². The Hall–Kier alpha value is -2.37. The first kappa shape index (κ1) is 14.2. The molecule has 5 nitrogen and oxygen atoms in total. The highest BCUT2D eigenvalue weighted by Crippen LogP contribution is 2.40. The molecule has 0 radical (unpaired) electrons. The van der Waals surface area contributed by atoms with Crippen LogP contribution in [0.15, 0.2) is 30.5 Å². The maximum atomic E-state index is 13.3. The van der Waals surface area contributed by atoms with Gasteiger partial charge in [0.1, 0.15) is 17.4 Å². The molecule has 4 rings (SSSR count). The fraction of sp³-hybridized carbons (Fsp3) is 0.412. The number of carbonyl (C=O) groups is 1. The molecule has 1 aromatic heterocycles. The molecule has 23 heavy (non-hydrogen) atoms. The monoisotopic (exact) mass is 315 g/mol. The predicted octanol–water partition coefficient (Wildman–Crippen LogP) is 2.94. The summed E-state index contributed by atoms with van der Waals surface area (Å²) in [4.78, 5) is 12.5. The van der Waals surface area contributed by atoms with Gasteiger partial charge in [-0.05, 0) is 43.9 Å². The Balaban J connectivity index is 1.46. The van der Waals surface area contributed by atoms with Crippen molar-refractivity contribution in [3.05, 3.63) is 41.8 Å². The van der Waals surface area contributed by atoms with Crippen molar-refractivity contribution in [2.75, 3.05) is 5.32 Å². The van der Waals surface area contributed by atoms with Crippen molar-refractivity contribution in [3.63, 3.8) is 0 Å². The number of nitrogens with one attached hydrogen (secondary N) is 1. The van der Waals surface area contributed by atoms with Gasteiger partial charge in [0.25, 0.3) is 5.91 Å². The van der Waals surface area contributed by atoms with Crippen molar-refractivity contribution >= 4 is 11.7 Å². The largest absolute Gasteiger partial charge is 0.480 e. The summed E-state index contributed by atoms with van der Waals surface area (Å²) in [5.41, 5.74) is 0.727. The minimum atomic E-state index is -0.633. The summed E-state index contributed by atoms with van der Waals surface area (Å²) >= 11 is 0. The first-order valence-corrected chi connectivity index (χ1v) is 7.91. The van der Waals surface area contributed by atoms with Crippen LogP contribution < -0.4 is 10.1 Å². The van der Waals surface area contributed by atoms with E-state index in [4.69, 9.17) is 4.74 Å². The molecule has 1 amide bonds. The van der Waals surface area contributed by atoms with Gasteiger partial charge < -0.3 is 10.1 Å². The molecule has 1 N–H and O–H groups in total. The number of ether oxygens (including phenoxy) is 1. The van der Waals surface area contributed by atoms with Crippen LogP contribution in [0.25, 0.3) is 0 Å². The van der Waals surface area contributed by atoms with Gasteiger partial charge in [0.2, 0.25) is 0 Å². The third-order valence-corrected chi connectivity index (χ3v) is 4.60. The molecule has 1 aliphatic heterocycles. The highest BCUT2D eigenvalue weighted by atomic mass is 19.1. The lowest BCUT2D eigenvalue weighted by molar-refractivity contribution is -0.122. The number of benzene rings is 1. The third-order valence-electron chi connectivity index (χ3n) is 4.60. The second-order valence-corrected chi connectivity index (χ2v) is 6.29. The number of rotatable bonds is 4. The van der Waals surface area contributed by atoms with Crippen molar-refractivity contribution in [2.24, 2.45) is 5.92 Å². The fourth-order valence-electron chi connectivity index (χ4n) is 3.09. The molecule has 2 unspecified atom stereocenters. The zero-order valence-corrected chi connectivity index (χ0v) is 12.8. The number of aromatic nitrogens is 2. The zero-order valence-electron chi connectivity index (χ0n) is 12.8. The molecule has 2 aliphatic rings. The molecule has 1 aromatic carbocycles. The molecule has 120 valence electrons. The number of fused-ring (bicyclic) bond motifs is 1. The standard InChI is InChI=1S/C17H18FN3O2/c1-10(11-2-3-11)21-16(6-7-19-21)20-17(22)15-9-12-8-13(18)4-5-14(12)23-15/h4-8,10-11,15H,2-3,9H2,1H3,(H,20,22). The Labute approximate surface area is 133 Å². The van der Waals surface area contributed by atoms with Crippen LogP contribution >= 0.6 is 0 Å². The molecule has 2 atom stereocenters. The lowest BCUT2D eigenvalue weighted by Gasteiger charge is -2.17. The maximum absolute atomic E-state index is 13.3. The first-order chi connectivity index (χ1) is 11.1. The first-order valence-electron chi connectivity index (χ1n) is 7.91. The van der Waals surface area contributed by atoms with Gasteiger partial charge in [0.15, 0.2) is 6.10 Å². The van der Waals surface area contributed by atoms with Crippen LogP contribution in [0.5, 0.6) is 5.75 Å². The zero-order chi connectivity index (χ0) is 16.0. The number of hydrogen-bond acceptors (Lipinski definition) is 3. The van der Waals surface area contributed by atoms with Crippen LogP contribution in [0.1, 0.15) is 31.4 Å². The molecule has 0 saturated heterocycles. The predicted molar refractivity (Wildman–Crippen MR) is 82.8 cm³/mol. The molecule has 1 saturated carbocycles. The van der Waals surface area contributed by atoms with E-state index in [1.54, 1.807) is 18.3 Å². The molecule has 0 spiro atoms. The van der Waals surface area contributed by atoms with Crippen LogP contribution in [-0.4, -0.2) is 21.8 Å². The molecule has 0 bridgehead atoms. The number of hydrogen-bond donors (Lipinski definition) is 1. The second kappa shape index (κ2) is 5.37. The van der Waals surface area contributed by atoms with Gasteiger partial charge in [-0.1, -0.05) is 0 Å². The van der Waals surface area contributed by atoms with Gasteiger partial charge in [-0.15, -0.1) is 0 Å². The van der Waals surface area contributed by atoms with Crippen LogP contribution in [0.4, 0.5) is 10.2 Å². The average molecular weight is 315 g/mol. The summed E-state index contributed by atoms with van der Waals surface area (Å²) in [5.74, 6) is 1.35. The fourth-order valence-corrected chi connectivity index (χ4v) is 3.09. The highest BCUT2D eigenvalue weighted by Gasteiger charge is 2.33. The smallest absolute Gasteiger partial charge is 0.266 e. The lowest BCUT2D eigenvalue weighted by Crippen LogP contribution is -2.32. The Morgan fingerprint density at radius 3 is 3.04 bits per heavy atom. The minimum Gasteiger partial charge on any atom is -0.480 e. The number of halogens is 1. The topological polar surface area (TPSA) is 56.2 Å². The van der Waals surface area contributed by atoms with Gasteiger partial charge in [0, 0.05) is 18.1 Å². The van der Waals surface area contributed by atoms with Crippen LogP contribution in [0.3, 0.4) is 0 Å². The molecule has 2 heterocycles. The third kappa shape index (κ3) is 2.69. The molecular weight excluding hydrogens is 297 g/mol. The summed E-state index contributed by atoms with van der Waals surface area (Å²) in [6.45, 7) is 2.12. The molecule has 1 aliphatic carbocycles. The van der Waals surface area contributed by atoms with Crippen LogP contribution in [0, 0.1) is 11.7 Å². The quantitative estimate of drug-likeness (QED) is 0.944. The van der Waals surface area contributed by atoms with E-state index in [0.29, 0.717) is 23.9 Å². The molecule has 1 fully saturated rings. The van der Waals surface area contributed by atoms with Crippen LogP contribution in [0.2, 0.25) is 0 Å². The van der Waals surface area contributed by atoms with Crippen molar-refractivity contribution < 1.29 is 13.9 Å². The second-order valence-electron chi connectivity index (χ2n) is 6.29. The maximum Gasteiger partial charge on any atom is 0.266 e. The van der Waals surface area contributed by atoms with Gasteiger partial charge >= 0.3 is 0 Å². The molecular formula is C17H18FN3O2. The van der Waals surface area contributed by atoms with Crippen molar-refractivity contribution in [2.45, 2.75) is 38.3 Å². The van der Waals surface area contributed by atoms with E-state index in [9.17, 15) is 9.18 Å². The Kier molecular flexibility index (Phi) is 3.32. The van der Waals surface area contributed by atoms with E-state index < -0.39 is 6.10 Å². The molecule has 2 aromatic rings. The SMILES string of the molecule is CC(C1CC1)n1nccc1NC(=O)C1Cc2cc(F)ccc2O1. The van der Waals surface area contributed by atoms with E-state index >= 15 is 0 Å². The summed E-state index contributed by atoms with van der Waals surface area (Å²) in [6, 6.07) is 6.39. The minimum absolute atomic E-state index is 0.230.